The molecule has 1 aromatic heterocycles. The second kappa shape index (κ2) is 9.98. The minimum atomic E-state index is 0.172. The van der Waals surface area contributed by atoms with E-state index in [0.717, 1.165) is 50.8 Å². The van der Waals surface area contributed by atoms with Gasteiger partial charge in [-0.25, -0.2) is 0 Å². The Balaban J connectivity index is 1.44. The normalized spacial score (nSPS) is 14.1. The average molecular weight is 520 g/mol. The number of rotatable bonds is 6. The third-order valence-corrected chi connectivity index (χ3v) is 7.71. The quantitative estimate of drug-likeness (QED) is 0.226. The Bertz CT molecular complexity index is 1590. The van der Waals surface area contributed by atoms with E-state index in [4.69, 9.17) is 10.4 Å². The summed E-state index contributed by atoms with van der Waals surface area (Å²) in [5, 5.41) is 9.41. The molecule has 1 atom stereocenters. The third-order valence-electron chi connectivity index (χ3n) is 7.71. The van der Waals surface area contributed by atoms with Crippen LogP contribution in [0.5, 0.6) is 0 Å². The molecule has 3 aromatic carbocycles. The van der Waals surface area contributed by atoms with Crippen LogP contribution in [0.15, 0.2) is 84.3 Å². The maximum Gasteiger partial charge on any atom is 0.197 e. The molecule has 0 spiro atoms. The van der Waals surface area contributed by atoms with Gasteiger partial charge in [-0.3, -0.25) is 10.4 Å². The molecule has 5 rings (SSSR count). The molecular formula is C32H37N7. The summed E-state index contributed by atoms with van der Waals surface area (Å²) in [4.78, 5) is 16.3. The Labute approximate surface area is 231 Å². The van der Waals surface area contributed by atoms with Crippen LogP contribution in [0.4, 0.5) is 17.1 Å². The Morgan fingerprint density at radius 1 is 0.821 bits per heavy atom. The van der Waals surface area contributed by atoms with E-state index in [1.165, 1.54) is 10.9 Å². The van der Waals surface area contributed by atoms with Crippen LogP contribution >= 0.6 is 0 Å². The van der Waals surface area contributed by atoms with Crippen molar-refractivity contribution in [3.8, 4) is 11.1 Å². The molecule has 0 radical (unpaired) electrons. The smallest absolute Gasteiger partial charge is 0.197 e. The van der Waals surface area contributed by atoms with Crippen molar-refractivity contribution in [1.82, 2.24) is 14.8 Å². The fourth-order valence-corrected chi connectivity index (χ4v) is 5.13. The van der Waals surface area contributed by atoms with Crippen molar-refractivity contribution >= 4 is 39.6 Å². The zero-order chi connectivity index (χ0) is 28.0. The number of hydrogen-bond donors (Lipinski definition) is 2. The van der Waals surface area contributed by atoms with Crippen LogP contribution in [0, 0.1) is 5.41 Å². The predicted octanol–water partition coefficient (Wildman–Crippen LogP) is 6.47. The van der Waals surface area contributed by atoms with Gasteiger partial charge in [0.15, 0.2) is 5.96 Å². The summed E-state index contributed by atoms with van der Waals surface area (Å²) in [5.41, 5.74) is 9.94. The van der Waals surface area contributed by atoms with Crippen LogP contribution in [-0.4, -0.2) is 68.7 Å². The van der Waals surface area contributed by atoms with Crippen molar-refractivity contribution in [2.45, 2.75) is 12.8 Å². The number of H-pyrrole nitrogens is 1. The van der Waals surface area contributed by atoms with E-state index < -0.39 is 0 Å². The van der Waals surface area contributed by atoms with Crippen LogP contribution < -0.4 is 9.80 Å². The first-order valence-corrected chi connectivity index (χ1v) is 13.1. The number of anilines is 2. The molecule has 0 saturated heterocycles. The fourth-order valence-electron chi connectivity index (χ4n) is 5.13. The Hall–Kier alpha value is -4.52. The molecular weight excluding hydrogens is 482 g/mol. The molecule has 0 bridgehead atoms. The number of fused-ring (bicyclic) bond motifs is 2. The van der Waals surface area contributed by atoms with Gasteiger partial charge in [0.2, 0.25) is 0 Å². The van der Waals surface area contributed by atoms with Crippen molar-refractivity contribution in [2.24, 2.45) is 4.99 Å². The van der Waals surface area contributed by atoms with Crippen molar-refractivity contribution in [1.29, 1.82) is 5.41 Å². The van der Waals surface area contributed by atoms with E-state index in [2.05, 4.69) is 90.2 Å². The maximum absolute atomic E-state index is 8.24. The van der Waals surface area contributed by atoms with Crippen LogP contribution in [0.2, 0.25) is 0 Å². The lowest BCUT2D eigenvalue weighted by molar-refractivity contribution is 0.499. The summed E-state index contributed by atoms with van der Waals surface area (Å²) in [6.07, 6.45) is 2.08. The van der Waals surface area contributed by atoms with Gasteiger partial charge in [-0.2, -0.15) is 0 Å². The Morgan fingerprint density at radius 3 is 2.15 bits per heavy atom. The minimum absolute atomic E-state index is 0.172. The highest BCUT2D eigenvalue weighted by Gasteiger charge is 2.27. The molecule has 0 saturated carbocycles. The maximum atomic E-state index is 8.24. The van der Waals surface area contributed by atoms with Gasteiger partial charge in [0.25, 0.3) is 0 Å². The fraction of sp³-hybridized carbons (Fsp3) is 0.250. The van der Waals surface area contributed by atoms with Crippen LogP contribution in [-0.2, 0) is 0 Å². The highest BCUT2D eigenvalue weighted by molar-refractivity contribution is 6.17. The van der Waals surface area contributed by atoms with E-state index in [-0.39, 0.29) is 5.92 Å². The van der Waals surface area contributed by atoms with Gasteiger partial charge >= 0.3 is 0 Å². The molecule has 1 unspecified atom stereocenters. The molecule has 1 aliphatic heterocycles. The number of aliphatic imine (C=N–C) groups is 1. The van der Waals surface area contributed by atoms with Crippen molar-refractivity contribution < 1.29 is 0 Å². The Morgan fingerprint density at radius 2 is 1.49 bits per heavy atom. The number of guanidine groups is 1. The topological polar surface area (TPSA) is 65.0 Å². The summed E-state index contributed by atoms with van der Waals surface area (Å²) in [6, 6.07) is 21.4. The first kappa shape index (κ1) is 26.1. The number of aromatic amines is 1. The third kappa shape index (κ3) is 4.65. The van der Waals surface area contributed by atoms with E-state index >= 15 is 0 Å². The molecule has 0 aliphatic carbocycles. The largest absolute Gasteiger partial charge is 0.365 e. The molecule has 4 aromatic rings. The second-order valence-electron chi connectivity index (χ2n) is 10.6. The van der Waals surface area contributed by atoms with Gasteiger partial charge in [0, 0.05) is 82.2 Å². The summed E-state index contributed by atoms with van der Waals surface area (Å²) < 4.78 is 0. The van der Waals surface area contributed by atoms with Gasteiger partial charge in [0.1, 0.15) is 5.82 Å². The number of aromatic nitrogens is 1. The zero-order valence-electron chi connectivity index (χ0n) is 23.9. The first-order chi connectivity index (χ1) is 18.6. The van der Waals surface area contributed by atoms with Crippen molar-refractivity contribution in [2.75, 3.05) is 52.1 Å². The molecule has 0 fully saturated rings. The lowest BCUT2D eigenvalue weighted by Gasteiger charge is -2.27. The highest BCUT2D eigenvalue weighted by Crippen LogP contribution is 2.41. The predicted molar refractivity (Wildman–Crippen MR) is 166 cm³/mol. The molecule has 0 amide bonds. The van der Waals surface area contributed by atoms with Crippen LogP contribution in [0.3, 0.4) is 0 Å². The molecule has 2 heterocycles. The summed E-state index contributed by atoms with van der Waals surface area (Å²) >= 11 is 0. The van der Waals surface area contributed by atoms with Crippen LogP contribution in [0.1, 0.15) is 24.0 Å². The average Bonchev–Trinajstić information content (AvgIpc) is 3.51. The standard InChI is InChI=1S/C32H37N7/c1-20-26-18-25(38(7)21(2)36(3)4)14-16-30(26)35-31(20)28-19-34-29-15-11-23(17-27(28)29)22-9-12-24(13-10-22)39(8)32(33)37(5)6/h9-20,33-34H,2H2,1,3-8H3. The molecule has 7 nitrogen and oxygen atoms in total. The van der Waals surface area contributed by atoms with Crippen molar-refractivity contribution in [3.63, 3.8) is 0 Å². The number of nitrogens with zero attached hydrogens (tertiary/aromatic N) is 5. The number of nitrogens with one attached hydrogen (secondary N) is 2. The van der Waals surface area contributed by atoms with Gasteiger partial charge < -0.3 is 24.6 Å². The number of benzene rings is 3. The summed E-state index contributed by atoms with van der Waals surface area (Å²) in [5.74, 6) is 1.54. The van der Waals surface area contributed by atoms with Gasteiger partial charge in [-0.1, -0.05) is 31.7 Å². The van der Waals surface area contributed by atoms with Crippen molar-refractivity contribution in [3.05, 3.63) is 90.4 Å². The van der Waals surface area contributed by atoms with E-state index in [9.17, 15) is 0 Å². The first-order valence-electron chi connectivity index (χ1n) is 13.1. The summed E-state index contributed by atoms with van der Waals surface area (Å²) in [6.45, 7) is 6.43. The molecule has 39 heavy (non-hydrogen) atoms. The van der Waals surface area contributed by atoms with Gasteiger partial charge in [-0.05, 0) is 59.2 Å². The van der Waals surface area contributed by atoms with Gasteiger partial charge in [-0.15, -0.1) is 0 Å². The molecule has 2 N–H and O–H groups in total. The molecule has 7 heteroatoms. The van der Waals surface area contributed by atoms with E-state index in [0.29, 0.717) is 5.96 Å². The SMILES string of the molecule is C=C(N(C)C)N(C)c1ccc2c(c1)C(C)C(c1c[nH]c3ccc(-c4ccc(N(C)C(=N)N(C)C)cc4)cc13)=N2. The Kier molecular flexibility index (Phi) is 6.68. The number of hydrogen-bond acceptors (Lipinski definition) is 4. The monoisotopic (exact) mass is 519 g/mol. The van der Waals surface area contributed by atoms with E-state index in [1.807, 2.05) is 52.1 Å². The summed E-state index contributed by atoms with van der Waals surface area (Å²) in [7, 11) is 11.7. The van der Waals surface area contributed by atoms with E-state index in [1.54, 1.807) is 4.90 Å². The zero-order valence-corrected chi connectivity index (χ0v) is 23.9. The molecule has 200 valence electrons. The second-order valence-corrected chi connectivity index (χ2v) is 10.6. The van der Waals surface area contributed by atoms with Crippen LogP contribution in [0.25, 0.3) is 22.0 Å². The van der Waals surface area contributed by atoms with Gasteiger partial charge in [0.05, 0.1) is 11.4 Å². The molecule has 1 aliphatic rings. The lowest BCUT2D eigenvalue weighted by Crippen LogP contribution is -2.37. The highest BCUT2D eigenvalue weighted by atomic mass is 15.3. The lowest BCUT2D eigenvalue weighted by atomic mass is 9.92. The minimum Gasteiger partial charge on any atom is -0.365 e.